The summed E-state index contributed by atoms with van der Waals surface area (Å²) in [5.74, 6) is 1.05. The second-order valence-electron chi connectivity index (χ2n) is 8.54. The van der Waals surface area contributed by atoms with Crippen molar-refractivity contribution in [3.8, 4) is 0 Å². The first-order valence-electron chi connectivity index (χ1n) is 12.2. The van der Waals surface area contributed by atoms with E-state index in [1.165, 1.54) is 116 Å². The van der Waals surface area contributed by atoms with Gasteiger partial charge in [0.05, 0.1) is 0 Å². The first-order chi connectivity index (χ1) is 13.6. The summed E-state index contributed by atoms with van der Waals surface area (Å²) < 4.78 is 10.7. The second-order valence-corrected chi connectivity index (χ2v) is 10.8. The summed E-state index contributed by atoms with van der Waals surface area (Å²) in [6.45, 7) is 0. The quantitative estimate of drug-likeness (QED) is 0.0857. The molecule has 0 amide bonds. The van der Waals surface area contributed by atoms with Gasteiger partial charge in [0.25, 0.3) is 0 Å². The van der Waals surface area contributed by atoms with Crippen LogP contribution in [0.4, 0.5) is 0 Å². The molecular weight excluding hydrogens is 387 g/mol. The van der Waals surface area contributed by atoms with Gasteiger partial charge in [0.2, 0.25) is 0 Å². The van der Waals surface area contributed by atoms with Crippen LogP contribution >= 0.6 is 20.2 Å². The minimum absolute atomic E-state index is 0.0595. The molecular formula is C23H49O3PS. The predicted octanol–water partition coefficient (Wildman–Crippen LogP) is 8.29. The van der Waals surface area contributed by atoms with Crippen molar-refractivity contribution in [3.63, 3.8) is 0 Å². The van der Waals surface area contributed by atoms with E-state index in [9.17, 15) is 4.57 Å². The Labute approximate surface area is 181 Å². The Morgan fingerprint density at radius 3 is 0.857 bits per heavy atom. The minimum Gasteiger partial charge on any atom is -0.324 e. The predicted molar refractivity (Wildman–Crippen MR) is 128 cm³/mol. The molecule has 28 heavy (non-hydrogen) atoms. The molecule has 0 aliphatic rings. The van der Waals surface area contributed by atoms with Crippen LogP contribution in [0.1, 0.15) is 135 Å². The highest BCUT2D eigenvalue weighted by Gasteiger charge is 2.10. The molecule has 0 spiro atoms. The molecule has 0 heterocycles. The molecule has 0 saturated carbocycles. The Hall–Kier alpha value is 0.500. The van der Waals surface area contributed by atoms with E-state index in [-0.39, 0.29) is 6.16 Å². The molecule has 5 heteroatoms. The zero-order valence-corrected chi connectivity index (χ0v) is 20.2. The summed E-state index contributed by atoms with van der Waals surface area (Å²) >= 11 is 4.25. The number of rotatable bonds is 23. The molecule has 0 unspecified atom stereocenters. The van der Waals surface area contributed by atoms with E-state index in [0.717, 1.165) is 18.6 Å². The summed E-state index contributed by atoms with van der Waals surface area (Å²) in [4.78, 5) is 17.6. The molecule has 0 rings (SSSR count). The second kappa shape index (κ2) is 22.2. The van der Waals surface area contributed by atoms with Crippen molar-refractivity contribution in [1.82, 2.24) is 0 Å². The molecule has 0 radical (unpaired) electrons. The SMILES string of the molecule is O=P(O)(O)CCCCCCCCCCCCCCCCCCCCCCCS. The number of hydrogen-bond acceptors (Lipinski definition) is 2. The molecule has 0 fully saturated rings. The molecule has 0 saturated heterocycles. The van der Waals surface area contributed by atoms with E-state index in [0.29, 0.717) is 6.42 Å². The van der Waals surface area contributed by atoms with Gasteiger partial charge in [-0.3, -0.25) is 4.57 Å². The van der Waals surface area contributed by atoms with E-state index in [2.05, 4.69) is 12.6 Å². The van der Waals surface area contributed by atoms with E-state index in [1.807, 2.05) is 0 Å². The molecule has 0 bridgehead atoms. The number of thiol groups is 1. The van der Waals surface area contributed by atoms with Crippen molar-refractivity contribution in [2.45, 2.75) is 135 Å². The first-order valence-corrected chi connectivity index (χ1v) is 14.6. The molecule has 0 aromatic rings. The van der Waals surface area contributed by atoms with Crippen LogP contribution in [-0.4, -0.2) is 21.7 Å². The Morgan fingerprint density at radius 2 is 0.643 bits per heavy atom. The maximum Gasteiger partial charge on any atom is 0.325 e. The normalized spacial score (nSPS) is 12.0. The third-order valence-corrected chi connectivity index (χ3v) is 6.82. The topological polar surface area (TPSA) is 57.5 Å². The van der Waals surface area contributed by atoms with Gasteiger partial charge in [0.15, 0.2) is 0 Å². The van der Waals surface area contributed by atoms with Crippen molar-refractivity contribution in [2.75, 3.05) is 11.9 Å². The lowest BCUT2D eigenvalue weighted by atomic mass is 10.0. The van der Waals surface area contributed by atoms with Gasteiger partial charge < -0.3 is 9.79 Å². The van der Waals surface area contributed by atoms with Gasteiger partial charge in [-0.15, -0.1) is 0 Å². The molecule has 0 aromatic heterocycles. The summed E-state index contributed by atoms with van der Waals surface area (Å²) in [5.41, 5.74) is 0. The Kier molecular flexibility index (Phi) is 22.6. The van der Waals surface area contributed by atoms with E-state index >= 15 is 0 Å². The summed E-state index contributed by atoms with van der Waals surface area (Å²) in [7, 11) is -3.76. The van der Waals surface area contributed by atoms with Crippen LogP contribution in [0.5, 0.6) is 0 Å². The van der Waals surface area contributed by atoms with Crippen molar-refractivity contribution >= 4 is 20.2 Å². The number of unbranched alkanes of at least 4 members (excludes halogenated alkanes) is 20. The van der Waals surface area contributed by atoms with Gasteiger partial charge in [-0.25, -0.2) is 0 Å². The van der Waals surface area contributed by atoms with Crippen LogP contribution in [0.15, 0.2) is 0 Å². The molecule has 170 valence electrons. The lowest BCUT2D eigenvalue weighted by molar-refractivity contribution is 0.370. The highest BCUT2D eigenvalue weighted by Crippen LogP contribution is 2.35. The smallest absolute Gasteiger partial charge is 0.324 e. The average molecular weight is 437 g/mol. The highest BCUT2D eigenvalue weighted by atomic mass is 32.1. The van der Waals surface area contributed by atoms with Crippen LogP contribution in [-0.2, 0) is 4.57 Å². The third kappa shape index (κ3) is 26.5. The van der Waals surface area contributed by atoms with Gasteiger partial charge in [-0.05, 0) is 18.6 Å². The third-order valence-electron chi connectivity index (χ3n) is 5.61. The van der Waals surface area contributed by atoms with E-state index < -0.39 is 7.60 Å². The van der Waals surface area contributed by atoms with Crippen molar-refractivity contribution in [1.29, 1.82) is 0 Å². The number of hydrogen-bond donors (Lipinski definition) is 3. The summed E-state index contributed by atoms with van der Waals surface area (Å²) in [5, 5.41) is 0. The Morgan fingerprint density at radius 1 is 0.429 bits per heavy atom. The lowest BCUT2D eigenvalue weighted by Gasteiger charge is -2.05. The molecule has 3 nitrogen and oxygen atoms in total. The maximum atomic E-state index is 10.7. The summed E-state index contributed by atoms with van der Waals surface area (Å²) in [6.07, 6.45) is 27.7. The fourth-order valence-corrected chi connectivity index (χ4v) is 4.65. The van der Waals surface area contributed by atoms with Crippen LogP contribution in [0.2, 0.25) is 0 Å². The minimum atomic E-state index is -3.76. The molecule has 0 atom stereocenters. The van der Waals surface area contributed by atoms with Crippen molar-refractivity contribution in [3.05, 3.63) is 0 Å². The Balaban J connectivity index is 3.02. The fraction of sp³-hybridized carbons (Fsp3) is 1.00. The van der Waals surface area contributed by atoms with Crippen LogP contribution < -0.4 is 0 Å². The van der Waals surface area contributed by atoms with Crippen molar-refractivity contribution in [2.24, 2.45) is 0 Å². The van der Waals surface area contributed by atoms with Crippen molar-refractivity contribution < 1.29 is 14.4 Å². The standard InChI is InChI=1S/C23H49O3PS/c24-27(25,26)22-20-18-16-14-12-10-8-6-4-2-1-3-5-7-9-11-13-15-17-19-21-23-28/h28H,1-23H2,(H2,24,25,26). The zero-order chi connectivity index (χ0) is 20.8. The lowest BCUT2D eigenvalue weighted by Crippen LogP contribution is -1.88. The molecule has 0 aliphatic heterocycles. The molecule has 2 N–H and O–H groups in total. The summed E-state index contributed by atoms with van der Waals surface area (Å²) in [6, 6.07) is 0. The first kappa shape index (κ1) is 28.5. The monoisotopic (exact) mass is 436 g/mol. The van der Waals surface area contributed by atoms with Gasteiger partial charge in [-0.2, -0.15) is 12.6 Å². The zero-order valence-electron chi connectivity index (χ0n) is 18.5. The fourth-order valence-electron chi connectivity index (χ4n) is 3.79. The van der Waals surface area contributed by atoms with Crippen LogP contribution in [0.25, 0.3) is 0 Å². The van der Waals surface area contributed by atoms with Crippen LogP contribution in [0.3, 0.4) is 0 Å². The largest absolute Gasteiger partial charge is 0.325 e. The van der Waals surface area contributed by atoms with E-state index in [4.69, 9.17) is 9.79 Å². The molecule has 0 aromatic carbocycles. The van der Waals surface area contributed by atoms with Gasteiger partial charge >= 0.3 is 7.60 Å². The van der Waals surface area contributed by atoms with Gasteiger partial charge in [0.1, 0.15) is 0 Å². The maximum absolute atomic E-state index is 10.7. The Bertz CT molecular complexity index is 347. The average Bonchev–Trinajstić information content (AvgIpc) is 2.65. The highest BCUT2D eigenvalue weighted by molar-refractivity contribution is 7.80. The van der Waals surface area contributed by atoms with Gasteiger partial charge in [0, 0.05) is 6.16 Å². The van der Waals surface area contributed by atoms with Crippen LogP contribution in [0, 0.1) is 0 Å². The van der Waals surface area contributed by atoms with Gasteiger partial charge in [-0.1, -0.05) is 122 Å². The van der Waals surface area contributed by atoms with E-state index in [1.54, 1.807) is 0 Å². The molecule has 0 aliphatic carbocycles.